The monoisotopic (exact) mass is 412 g/mol. The Kier molecular flexibility index (Phi) is 5.48. The Hall–Kier alpha value is -3.33. The van der Waals surface area contributed by atoms with E-state index in [1.807, 2.05) is 31.2 Å². The van der Waals surface area contributed by atoms with Gasteiger partial charge in [-0.2, -0.15) is 5.10 Å². The van der Waals surface area contributed by atoms with Gasteiger partial charge >= 0.3 is 0 Å². The molecule has 0 radical (unpaired) electrons. The first-order chi connectivity index (χ1) is 14.1. The summed E-state index contributed by atoms with van der Waals surface area (Å²) in [5, 5.41) is 9.85. The molecule has 1 aliphatic heterocycles. The molecule has 0 saturated carbocycles. The van der Waals surface area contributed by atoms with Crippen molar-refractivity contribution >= 4 is 18.1 Å². The number of nitrogens with one attached hydrogen (secondary N) is 2. The van der Waals surface area contributed by atoms with E-state index in [1.165, 1.54) is 0 Å². The van der Waals surface area contributed by atoms with Crippen molar-refractivity contribution in [2.24, 2.45) is 0 Å². The Morgan fingerprint density at radius 1 is 1.28 bits per heavy atom. The van der Waals surface area contributed by atoms with E-state index < -0.39 is 0 Å². The van der Waals surface area contributed by atoms with E-state index in [1.54, 1.807) is 22.8 Å². The molecule has 0 saturated heterocycles. The van der Waals surface area contributed by atoms with Gasteiger partial charge in [-0.15, -0.1) is 0 Å². The van der Waals surface area contributed by atoms with Crippen LogP contribution in [-0.4, -0.2) is 40.6 Å². The van der Waals surface area contributed by atoms with Crippen LogP contribution >= 0.6 is 12.2 Å². The lowest BCUT2D eigenvalue weighted by atomic mass is 10.1. The molecular weight excluding hydrogens is 392 g/mol. The van der Waals surface area contributed by atoms with Crippen LogP contribution in [0.3, 0.4) is 0 Å². The maximum Gasteiger partial charge on any atom is 0.240 e. The zero-order valence-corrected chi connectivity index (χ0v) is 16.6. The molecule has 0 unspecified atom stereocenters. The van der Waals surface area contributed by atoms with Crippen molar-refractivity contribution in [2.45, 2.75) is 13.5 Å². The van der Waals surface area contributed by atoms with Gasteiger partial charge < -0.3 is 19.5 Å². The molecule has 1 aliphatic rings. The van der Waals surface area contributed by atoms with E-state index in [9.17, 15) is 4.79 Å². The molecule has 8 nitrogen and oxygen atoms in total. The van der Waals surface area contributed by atoms with Gasteiger partial charge in [0.05, 0.1) is 6.54 Å². The van der Waals surface area contributed by atoms with Crippen molar-refractivity contribution in [3.05, 3.63) is 52.8 Å². The highest BCUT2D eigenvalue weighted by Crippen LogP contribution is 2.34. The molecule has 1 amide bonds. The SMILES string of the molecule is Cc1cccc(-c2n[nH]c(=S)n2CC(=O)NCCOc2ccc3c(c2)OCO3)c1. The molecule has 3 aromatic rings. The zero-order chi connectivity index (χ0) is 20.2. The van der Waals surface area contributed by atoms with Crippen LogP contribution in [-0.2, 0) is 11.3 Å². The lowest BCUT2D eigenvalue weighted by Crippen LogP contribution is -2.31. The summed E-state index contributed by atoms with van der Waals surface area (Å²) < 4.78 is 18.3. The highest BCUT2D eigenvalue weighted by Gasteiger charge is 2.14. The van der Waals surface area contributed by atoms with E-state index in [2.05, 4.69) is 15.5 Å². The molecule has 0 spiro atoms. The number of fused-ring (bicyclic) bond motifs is 1. The number of H-pyrrole nitrogens is 1. The lowest BCUT2D eigenvalue weighted by Gasteiger charge is -2.10. The quantitative estimate of drug-likeness (QED) is 0.458. The second-order valence-electron chi connectivity index (χ2n) is 6.52. The maximum atomic E-state index is 12.4. The van der Waals surface area contributed by atoms with Crippen LogP contribution < -0.4 is 19.5 Å². The summed E-state index contributed by atoms with van der Waals surface area (Å²) >= 11 is 5.28. The fourth-order valence-corrected chi connectivity index (χ4v) is 3.19. The predicted molar refractivity (Wildman–Crippen MR) is 109 cm³/mol. The van der Waals surface area contributed by atoms with Gasteiger partial charge in [0.15, 0.2) is 22.1 Å². The topological polar surface area (TPSA) is 90.4 Å². The van der Waals surface area contributed by atoms with Crippen LogP contribution in [0.1, 0.15) is 5.56 Å². The standard InChI is InChI=1S/C20H20N4O4S/c1-13-3-2-4-14(9-13)19-22-23-20(29)24(19)11-18(25)21-7-8-26-15-5-6-16-17(10-15)28-12-27-16/h2-6,9-10H,7-8,11-12H2,1H3,(H,21,25)(H,23,29). The minimum absolute atomic E-state index is 0.0721. The van der Waals surface area contributed by atoms with Crippen LogP contribution in [0, 0.1) is 11.7 Å². The molecule has 0 bridgehead atoms. The number of hydrogen-bond acceptors (Lipinski definition) is 6. The predicted octanol–water partition coefficient (Wildman–Crippen LogP) is 2.84. The minimum Gasteiger partial charge on any atom is -0.492 e. The van der Waals surface area contributed by atoms with Gasteiger partial charge in [0.1, 0.15) is 18.9 Å². The Morgan fingerprint density at radius 3 is 3.00 bits per heavy atom. The fraction of sp³-hybridized carbons (Fsp3) is 0.250. The summed E-state index contributed by atoms with van der Waals surface area (Å²) in [7, 11) is 0. The summed E-state index contributed by atoms with van der Waals surface area (Å²) in [6, 6.07) is 13.2. The van der Waals surface area contributed by atoms with Crippen molar-refractivity contribution in [1.29, 1.82) is 0 Å². The Labute approximate surface area is 172 Å². The van der Waals surface area contributed by atoms with Gasteiger partial charge in [-0.1, -0.05) is 23.8 Å². The number of aromatic amines is 1. The third-order valence-electron chi connectivity index (χ3n) is 4.37. The Bertz CT molecular complexity index is 1090. The van der Waals surface area contributed by atoms with Crippen LogP contribution in [0.4, 0.5) is 0 Å². The van der Waals surface area contributed by atoms with Crippen LogP contribution in [0.5, 0.6) is 17.2 Å². The molecule has 9 heteroatoms. The maximum absolute atomic E-state index is 12.4. The zero-order valence-electron chi connectivity index (χ0n) is 15.8. The summed E-state index contributed by atoms with van der Waals surface area (Å²) in [6.45, 7) is 2.98. The molecule has 2 N–H and O–H groups in total. The normalized spacial score (nSPS) is 12.0. The van der Waals surface area contributed by atoms with Gasteiger partial charge in [-0.25, -0.2) is 0 Å². The molecule has 2 aromatic carbocycles. The molecule has 29 heavy (non-hydrogen) atoms. The first kappa shape index (κ1) is 19.0. The second kappa shape index (κ2) is 8.36. The molecule has 150 valence electrons. The van der Waals surface area contributed by atoms with Gasteiger partial charge in [-0.3, -0.25) is 14.5 Å². The second-order valence-corrected chi connectivity index (χ2v) is 6.91. The average molecular weight is 412 g/mol. The van der Waals surface area contributed by atoms with Gasteiger partial charge in [0.2, 0.25) is 12.7 Å². The van der Waals surface area contributed by atoms with E-state index in [4.69, 9.17) is 26.4 Å². The number of ether oxygens (including phenoxy) is 3. The third kappa shape index (κ3) is 4.40. The minimum atomic E-state index is -0.175. The van der Waals surface area contributed by atoms with E-state index in [-0.39, 0.29) is 19.2 Å². The molecule has 4 rings (SSSR count). The number of hydrogen-bond donors (Lipinski definition) is 2. The summed E-state index contributed by atoms with van der Waals surface area (Å²) in [4.78, 5) is 12.4. The van der Waals surface area contributed by atoms with E-state index in [0.29, 0.717) is 41.0 Å². The van der Waals surface area contributed by atoms with Crippen molar-refractivity contribution in [2.75, 3.05) is 19.9 Å². The molecule has 0 fully saturated rings. The van der Waals surface area contributed by atoms with Gasteiger partial charge in [-0.05, 0) is 37.3 Å². The number of nitrogens with zero attached hydrogens (tertiary/aromatic N) is 2. The smallest absolute Gasteiger partial charge is 0.240 e. The summed E-state index contributed by atoms with van der Waals surface area (Å²) in [5.74, 6) is 2.47. The van der Waals surface area contributed by atoms with Crippen molar-refractivity contribution in [3.8, 4) is 28.6 Å². The van der Waals surface area contributed by atoms with Crippen molar-refractivity contribution in [3.63, 3.8) is 0 Å². The molecule has 0 aliphatic carbocycles. The first-order valence-corrected chi connectivity index (χ1v) is 9.52. The highest BCUT2D eigenvalue weighted by molar-refractivity contribution is 7.71. The van der Waals surface area contributed by atoms with Crippen LogP contribution in [0.2, 0.25) is 0 Å². The van der Waals surface area contributed by atoms with E-state index in [0.717, 1.165) is 11.1 Å². The summed E-state index contributed by atoms with van der Waals surface area (Å²) in [6.07, 6.45) is 0. The number of carbonyl (C=O) groups excluding carboxylic acids is 1. The Balaban J connectivity index is 1.31. The largest absolute Gasteiger partial charge is 0.492 e. The van der Waals surface area contributed by atoms with Crippen LogP contribution in [0.25, 0.3) is 11.4 Å². The Morgan fingerprint density at radius 2 is 2.14 bits per heavy atom. The van der Waals surface area contributed by atoms with Gasteiger partial charge in [0, 0.05) is 11.6 Å². The highest BCUT2D eigenvalue weighted by atomic mass is 32.1. The molecular formula is C20H20N4O4S. The average Bonchev–Trinajstić information content (AvgIpc) is 3.32. The molecule has 2 heterocycles. The van der Waals surface area contributed by atoms with Crippen molar-refractivity contribution < 1.29 is 19.0 Å². The third-order valence-corrected chi connectivity index (χ3v) is 4.68. The number of benzene rings is 2. The number of amides is 1. The molecule has 1 aromatic heterocycles. The number of aryl methyl sites for hydroxylation is 1. The molecule has 0 atom stereocenters. The first-order valence-electron chi connectivity index (χ1n) is 9.11. The lowest BCUT2D eigenvalue weighted by molar-refractivity contribution is -0.121. The number of aromatic nitrogens is 3. The summed E-state index contributed by atoms with van der Waals surface area (Å²) in [5.41, 5.74) is 2.00. The van der Waals surface area contributed by atoms with Crippen molar-refractivity contribution in [1.82, 2.24) is 20.1 Å². The fourth-order valence-electron chi connectivity index (χ4n) is 2.99. The van der Waals surface area contributed by atoms with E-state index >= 15 is 0 Å². The number of carbonyl (C=O) groups is 1. The van der Waals surface area contributed by atoms with Crippen LogP contribution in [0.15, 0.2) is 42.5 Å². The van der Waals surface area contributed by atoms with Gasteiger partial charge in [0.25, 0.3) is 0 Å². The number of rotatable bonds is 7.